The number of nitrogens with zero attached hydrogens (tertiary/aromatic N) is 2. The summed E-state index contributed by atoms with van der Waals surface area (Å²) in [5, 5.41) is 10.5. The number of nitrogens with one attached hydrogen (secondary N) is 2. The van der Waals surface area contributed by atoms with Gasteiger partial charge in [-0.3, -0.25) is 9.59 Å². The van der Waals surface area contributed by atoms with Gasteiger partial charge in [-0.05, 0) is 31.2 Å². The number of likely N-dealkylation sites (N-methyl/N-ethyl adjacent to an activating group) is 1. The van der Waals surface area contributed by atoms with Crippen molar-refractivity contribution in [3.63, 3.8) is 0 Å². The Morgan fingerprint density at radius 3 is 2.41 bits per heavy atom. The molecule has 0 aliphatic rings. The molecule has 0 unspecified atom stereocenters. The van der Waals surface area contributed by atoms with Crippen molar-refractivity contribution in [3.05, 3.63) is 71.4 Å². The van der Waals surface area contributed by atoms with Crippen molar-refractivity contribution in [3.8, 4) is 16.9 Å². The molecule has 2 aromatic carbocycles. The van der Waals surface area contributed by atoms with Crippen LogP contribution in [-0.2, 0) is 4.79 Å². The number of carbonyl (C=O) groups is 2. The molecule has 3 rings (SSSR count). The predicted molar refractivity (Wildman–Crippen MR) is 105 cm³/mol. The Hall–Kier alpha value is -3.12. The van der Waals surface area contributed by atoms with Gasteiger partial charge in [0.2, 0.25) is 5.91 Å². The van der Waals surface area contributed by atoms with E-state index in [9.17, 15) is 9.59 Å². The molecule has 0 atom stereocenters. The number of rotatable bonds is 6. The van der Waals surface area contributed by atoms with Gasteiger partial charge < -0.3 is 10.6 Å². The molecule has 0 saturated heterocycles. The van der Waals surface area contributed by atoms with E-state index < -0.39 is 0 Å². The number of amides is 2. The van der Waals surface area contributed by atoms with Crippen molar-refractivity contribution >= 4 is 23.4 Å². The summed E-state index contributed by atoms with van der Waals surface area (Å²) in [5.41, 5.74) is 2.49. The van der Waals surface area contributed by atoms with Crippen LogP contribution in [0.15, 0.2) is 60.8 Å². The second-order valence-corrected chi connectivity index (χ2v) is 6.25. The molecule has 0 bridgehead atoms. The molecule has 2 N–H and O–H groups in total. The fraction of sp³-hybridized carbons (Fsp3) is 0.150. The number of hydrogen-bond donors (Lipinski definition) is 2. The summed E-state index contributed by atoms with van der Waals surface area (Å²) in [6.45, 7) is 2.24. The minimum Gasteiger partial charge on any atom is -0.355 e. The minimum absolute atomic E-state index is 0.0940. The summed E-state index contributed by atoms with van der Waals surface area (Å²) in [6.07, 6.45) is 1.66. The summed E-state index contributed by atoms with van der Waals surface area (Å²) in [5.74, 6) is -0.609. The summed E-state index contributed by atoms with van der Waals surface area (Å²) >= 11 is 5.97. The van der Waals surface area contributed by atoms with Gasteiger partial charge in [0.05, 0.1) is 17.8 Å². The monoisotopic (exact) mass is 382 g/mol. The zero-order valence-electron chi connectivity index (χ0n) is 14.8. The molecule has 1 aromatic heterocycles. The number of hydrogen-bond acceptors (Lipinski definition) is 3. The van der Waals surface area contributed by atoms with Gasteiger partial charge in [-0.15, -0.1) is 0 Å². The zero-order valence-corrected chi connectivity index (χ0v) is 15.5. The van der Waals surface area contributed by atoms with E-state index in [0.717, 1.165) is 11.3 Å². The third kappa shape index (κ3) is 4.54. The van der Waals surface area contributed by atoms with E-state index in [1.165, 1.54) is 0 Å². The largest absolute Gasteiger partial charge is 0.355 e. The minimum atomic E-state index is -0.367. The van der Waals surface area contributed by atoms with Crippen LogP contribution in [0.4, 0.5) is 0 Å². The molecule has 7 heteroatoms. The molecule has 1 heterocycles. The second-order valence-electron chi connectivity index (χ2n) is 5.81. The smallest absolute Gasteiger partial charge is 0.255 e. The Morgan fingerprint density at radius 1 is 1.04 bits per heavy atom. The lowest BCUT2D eigenvalue weighted by molar-refractivity contribution is -0.120. The van der Waals surface area contributed by atoms with Crippen molar-refractivity contribution in [2.75, 3.05) is 13.1 Å². The number of aromatic nitrogens is 2. The van der Waals surface area contributed by atoms with E-state index in [2.05, 4.69) is 15.7 Å². The summed E-state index contributed by atoms with van der Waals surface area (Å²) < 4.78 is 1.64. The topological polar surface area (TPSA) is 76.0 Å². The molecular formula is C20H19ClN4O2. The van der Waals surface area contributed by atoms with Crippen LogP contribution in [0, 0.1) is 0 Å². The Kier molecular flexibility index (Phi) is 5.88. The highest BCUT2D eigenvalue weighted by molar-refractivity contribution is 6.30. The third-order valence-electron chi connectivity index (χ3n) is 3.88. The summed E-state index contributed by atoms with van der Waals surface area (Å²) in [4.78, 5) is 24.3. The predicted octanol–water partition coefficient (Wildman–Crippen LogP) is 3.06. The van der Waals surface area contributed by atoms with Crippen molar-refractivity contribution in [2.24, 2.45) is 0 Å². The lowest BCUT2D eigenvalue weighted by atomic mass is 10.1. The van der Waals surface area contributed by atoms with Crippen LogP contribution in [-0.4, -0.2) is 34.7 Å². The number of carbonyl (C=O) groups excluding carboxylic acids is 2. The molecule has 0 aliphatic carbocycles. The molecule has 0 fully saturated rings. The molecule has 2 amide bonds. The van der Waals surface area contributed by atoms with Crippen LogP contribution >= 0.6 is 11.6 Å². The van der Waals surface area contributed by atoms with Crippen LogP contribution < -0.4 is 10.6 Å². The Morgan fingerprint density at radius 2 is 1.74 bits per heavy atom. The Balaban J connectivity index is 1.95. The first kappa shape index (κ1) is 18.7. The molecular weight excluding hydrogens is 364 g/mol. The van der Waals surface area contributed by atoms with Crippen LogP contribution in [0.3, 0.4) is 0 Å². The molecule has 0 aliphatic heterocycles. The normalized spacial score (nSPS) is 10.4. The summed E-state index contributed by atoms with van der Waals surface area (Å²) in [7, 11) is 0. The molecule has 27 heavy (non-hydrogen) atoms. The SMILES string of the molecule is CCNC(=O)CNC(=O)c1cn(-c2ccccc2)nc1-c1ccc(Cl)cc1. The highest BCUT2D eigenvalue weighted by atomic mass is 35.5. The van der Waals surface area contributed by atoms with Gasteiger partial charge in [0.25, 0.3) is 5.91 Å². The lowest BCUT2D eigenvalue weighted by Gasteiger charge is -2.05. The molecule has 0 spiro atoms. The van der Waals surface area contributed by atoms with Gasteiger partial charge >= 0.3 is 0 Å². The highest BCUT2D eigenvalue weighted by Crippen LogP contribution is 2.25. The van der Waals surface area contributed by atoms with Gasteiger partial charge in [-0.2, -0.15) is 5.10 Å². The number of benzene rings is 2. The van der Waals surface area contributed by atoms with E-state index in [-0.39, 0.29) is 18.4 Å². The highest BCUT2D eigenvalue weighted by Gasteiger charge is 2.19. The van der Waals surface area contributed by atoms with Crippen molar-refractivity contribution < 1.29 is 9.59 Å². The van der Waals surface area contributed by atoms with Crippen LogP contribution in [0.2, 0.25) is 5.02 Å². The van der Waals surface area contributed by atoms with E-state index in [0.29, 0.717) is 22.8 Å². The van der Waals surface area contributed by atoms with E-state index in [1.54, 1.807) is 35.1 Å². The van der Waals surface area contributed by atoms with E-state index in [1.807, 2.05) is 37.3 Å². The third-order valence-corrected chi connectivity index (χ3v) is 4.13. The zero-order chi connectivity index (χ0) is 19.2. The molecule has 0 saturated carbocycles. The Labute approximate surface area is 162 Å². The average Bonchev–Trinajstić information content (AvgIpc) is 3.13. The van der Waals surface area contributed by atoms with Crippen LogP contribution in [0.5, 0.6) is 0 Å². The fourth-order valence-corrected chi connectivity index (χ4v) is 2.72. The lowest BCUT2D eigenvalue weighted by Crippen LogP contribution is -2.36. The van der Waals surface area contributed by atoms with Crippen LogP contribution in [0.25, 0.3) is 16.9 Å². The van der Waals surface area contributed by atoms with Gasteiger partial charge in [0.15, 0.2) is 0 Å². The quantitative estimate of drug-likeness (QED) is 0.688. The maximum absolute atomic E-state index is 12.7. The van der Waals surface area contributed by atoms with Gasteiger partial charge in [-0.1, -0.05) is 41.9 Å². The average molecular weight is 383 g/mol. The van der Waals surface area contributed by atoms with E-state index >= 15 is 0 Å². The molecule has 6 nitrogen and oxygen atoms in total. The van der Waals surface area contributed by atoms with Crippen molar-refractivity contribution in [1.82, 2.24) is 20.4 Å². The number of para-hydroxylation sites is 1. The maximum Gasteiger partial charge on any atom is 0.255 e. The molecule has 0 radical (unpaired) electrons. The van der Waals surface area contributed by atoms with Gasteiger partial charge in [0, 0.05) is 23.3 Å². The first-order valence-corrected chi connectivity index (χ1v) is 8.92. The van der Waals surface area contributed by atoms with E-state index in [4.69, 9.17) is 11.6 Å². The standard InChI is InChI=1S/C20H19ClN4O2/c1-2-22-18(26)12-23-20(27)17-13-25(16-6-4-3-5-7-16)24-19(17)14-8-10-15(21)11-9-14/h3-11,13H,2,12H2,1H3,(H,22,26)(H,23,27). The van der Waals surface area contributed by atoms with Crippen molar-refractivity contribution in [1.29, 1.82) is 0 Å². The first-order valence-electron chi connectivity index (χ1n) is 8.54. The second kappa shape index (κ2) is 8.51. The van der Waals surface area contributed by atoms with Crippen LogP contribution in [0.1, 0.15) is 17.3 Å². The van der Waals surface area contributed by atoms with Gasteiger partial charge in [0.1, 0.15) is 5.69 Å². The molecule has 138 valence electrons. The summed E-state index contributed by atoms with van der Waals surface area (Å²) in [6, 6.07) is 16.6. The maximum atomic E-state index is 12.7. The number of halogens is 1. The fourth-order valence-electron chi connectivity index (χ4n) is 2.59. The Bertz CT molecular complexity index is 936. The van der Waals surface area contributed by atoms with Crippen molar-refractivity contribution in [2.45, 2.75) is 6.92 Å². The first-order chi connectivity index (χ1) is 13.1. The van der Waals surface area contributed by atoms with Gasteiger partial charge in [-0.25, -0.2) is 4.68 Å². The molecule has 3 aromatic rings.